The normalized spacial score (nSPS) is 8.08. The van der Waals surface area contributed by atoms with Gasteiger partial charge in [-0.2, -0.15) is 0 Å². The van der Waals surface area contributed by atoms with Gasteiger partial charge in [0.15, 0.2) is 0 Å². The van der Waals surface area contributed by atoms with Crippen LogP contribution in [0.25, 0.3) is 0 Å². The van der Waals surface area contributed by atoms with E-state index in [-0.39, 0.29) is 104 Å². The minimum Gasteiger partial charge on any atom is -1.00 e. The first-order chi connectivity index (χ1) is 5.25. The van der Waals surface area contributed by atoms with Crippen LogP contribution < -0.4 is 0 Å². The molecule has 0 radical (unpaired) electrons. The monoisotopic (exact) mass is 352 g/mol. The minimum absolute atomic E-state index is 0. The second kappa shape index (κ2) is 9.07. The van der Waals surface area contributed by atoms with Gasteiger partial charge in [0.25, 0.3) is 0 Å². The molecule has 0 spiro atoms. The van der Waals surface area contributed by atoms with Crippen molar-refractivity contribution in [3.63, 3.8) is 0 Å². The summed E-state index contributed by atoms with van der Waals surface area (Å²) in [5.74, 6) is -0.691. The zero-order valence-corrected chi connectivity index (χ0v) is 14.6. The zero-order valence-electron chi connectivity index (χ0n) is 11.2. The Morgan fingerprint density at radius 1 is 1.46 bits per heavy atom. The maximum atomic E-state index is 10.5. The third-order valence-electron chi connectivity index (χ3n) is 1.39. The molecule has 1 N–H and O–H groups in total. The van der Waals surface area contributed by atoms with Gasteiger partial charge in [0.1, 0.15) is 0 Å². The fourth-order valence-electron chi connectivity index (χ4n) is 0.845. The van der Waals surface area contributed by atoms with E-state index >= 15 is 0 Å². The number of carbonyl (C=O) groups is 1. The summed E-state index contributed by atoms with van der Waals surface area (Å²) in [6, 6.07) is 6.69. The number of alkyl halides is 1. The molecule has 0 aliphatic rings. The van der Waals surface area contributed by atoms with E-state index < -0.39 is 5.97 Å². The van der Waals surface area contributed by atoms with E-state index in [0.29, 0.717) is 5.56 Å². The molecule has 0 saturated heterocycles. The summed E-state index contributed by atoms with van der Waals surface area (Å²) in [6.45, 7) is 0. The van der Waals surface area contributed by atoms with Gasteiger partial charge in [0.05, 0.1) is 5.56 Å². The molecule has 0 bridgehead atoms. The number of benzene rings is 1. The number of carboxylic acids is 1. The van der Waals surface area contributed by atoms with E-state index in [1.807, 2.05) is 0 Å². The molecule has 0 unspecified atom stereocenters. The molecule has 1 aromatic rings. The molecule has 1 aromatic carbocycles. The molecule has 0 atom stereocenters. The van der Waals surface area contributed by atoms with Crippen molar-refractivity contribution < 1.29 is 15.6 Å². The quantitative estimate of drug-likeness (QED) is 0.651. The molecular weight excluding hydrogens is 341 g/mol. The van der Waals surface area contributed by atoms with Crippen LogP contribution in [-0.4, -0.2) is 97.7 Å². The molecule has 66 valence electrons. The molecule has 0 amide bonds. The number of rotatable bonds is 2. The first kappa shape index (κ1) is 17.2. The summed E-state index contributed by atoms with van der Waals surface area (Å²) in [5, 5.41) is 8.64. The largest absolute Gasteiger partial charge is 2.00 e. The first-order valence-corrected chi connectivity index (χ1v) is 3.66. The molecule has 5 heteroatoms. The minimum atomic E-state index is -0.929. The summed E-state index contributed by atoms with van der Waals surface area (Å²) in [7, 11) is 0. The number of hydrogen-bond acceptors (Lipinski definition) is 1. The van der Waals surface area contributed by atoms with Crippen molar-refractivity contribution in [2.45, 2.75) is 5.88 Å². The molecule has 0 aliphatic carbocycles. The SMILES string of the molecule is O=C(O)c1ccccc1CCl.[Ba+2].[Ca+2].[H-].[H-].[H-].[H-]. The van der Waals surface area contributed by atoms with E-state index in [1.54, 1.807) is 24.3 Å². The number of halogens is 1. The molecule has 13 heavy (non-hydrogen) atoms. The number of hydrogen-bond donors (Lipinski definition) is 1. The van der Waals surface area contributed by atoms with Crippen molar-refractivity contribution >= 4 is 104 Å². The first-order valence-electron chi connectivity index (χ1n) is 3.13. The van der Waals surface area contributed by atoms with Gasteiger partial charge < -0.3 is 10.8 Å². The molecule has 0 fully saturated rings. The third kappa shape index (κ3) is 5.44. The van der Waals surface area contributed by atoms with Gasteiger partial charge in [0, 0.05) is 5.88 Å². The molecule has 0 aliphatic heterocycles. The van der Waals surface area contributed by atoms with Crippen molar-refractivity contribution in [1.82, 2.24) is 0 Å². The third-order valence-corrected chi connectivity index (χ3v) is 1.68. The van der Waals surface area contributed by atoms with Crippen molar-refractivity contribution in [3.8, 4) is 0 Å². The standard InChI is InChI=1S/C8H7ClO2.Ba.Ca.4H/c9-5-6-3-1-2-4-7(6)8(10)11;;;;;;/h1-4H,5H2,(H,10,11);;;;;;/q;2*+2;4*-1. The van der Waals surface area contributed by atoms with E-state index in [9.17, 15) is 4.79 Å². The van der Waals surface area contributed by atoms with Crippen LogP contribution in [0.15, 0.2) is 24.3 Å². The predicted octanol–water partition coefficient (Wildman–Crippen LogP) is 1.81. The number of carboxylic acid groups (broad SMARTS) is 1. The van der Waals surface area contributed by atoms with Gasteiger partial charge in [-0.1, -0.05) is 18.2 Å². The Morgan fingerprint density at radius 2 is 2.00 bits per heavy atom. The van der Waals surface area contributed by atoms with Crippen LogP contribution in [0.4, 0.5) is 0 Å². The molecule has 0 saturated carbocycles. The van der Waals surface area contributed by atoms with E-state index in [2.05, 4.69) is 0 Å². The van der Waals surface area contributed by atoms with Crippen LogP contribution >= 0.6 is 11.6 Å². The van der Waals surface area contributed by atoms with Crippen LogP contribution in [0, 0.1) is 0 Å². The van der Waals surface area contributed by atoms with Crippen molar-refractivity contribution in [1.29, 1.82) is 0 Å². The second-order valence-electron chi connectivity index (χ2n) is 2.10. The van der Waals surface area contributed by atoms with E-state index in [4.69, 9.17) is 16.7 Å². The van der Waals surface area contributed by atoms with Crippen molar-refractivity contribution in [3.05, 3.63) is 35.4 Å². The van der Waals surface area contributed by atoms with Gasteiger partial charge >= 0.3 is 92.6 Å². The summed E-state index contributed by atoms with van der Waals surface area (Å²) >= 11 is 5.51. The van der Waals surface area contributed by atoms with Gasteiger partial charge in [0.2, 0.25) is 0 Å². The Morgan fingerprint density at radius 3 is 2.38 bits per heavy atom. The van der Waals surface area contributed by atoms with Gasteiger partial charge in [-0.05, 0) is 11.6 Å². The van der Waals surface area contributed by atoms with Crippen molar-refractivity contribution in [2.24, 2.45) is 0 Å². The Bertz CT molecular complexity index is 294. The van der Waals surface area contributed by atoms with Gasteiger partial charge in [-0.15, -0.1) is 11.6 Å². The Labute approximate surface area is 158 Å². The maximum absolute atomic E-state index is 10.5. The van der Waals surface area contributed by atoms with Crippen LogP contribution in [0.1, 0.15) is 21.6 Å². The summed E-state index contributed by atoms with van der Waals surface area (Å²) in [5.41, 5.74) is 0.934. The summed E-state index contributed by atoms with van der Waals surface area (Å²) < 4.78 is 0. The van der Waals surface area contributed by atoms with Gasteiger partial charge in [-0.25, -0.2) is 4.79 Å². The van der Waals surface area contributed by atoms with Crippen LogP contribution in [0.5, 0.6) is 0 Å². The van der Waals surface area contributed by atoms with Gasteiger partial charge in [-0.3, -0.25) is 0 Å². The maximum Gasteiger partial charge on any atom is 2.00 e. The Hall–Kier alpha value is 1.81. The van der Waals surface area contributed by atoms with Crippen LogP contribution in [0.3, 0.4) is 0 Å². The summed E-state index contributed by atoms with van der Waals surface area (Å²) in [6.07, 6.45) is 0. The average molecular weight is 352 g/mol. The Balaban J connectivity index is -0.0000000504. The fourth-order valence-corrected chi connectivity index (χ4v) is 1.08. The Kier molecular flexibility index (Phi) is 12.0. The van der Waals surface area contributed by atoms with E-state index in [1.165, 1.54) is 0 Å². The topological polar surface area (TPSA) is 37.3 Å². The zero-order chi connectivity index (χ0) is 8.27. The molecular formula is C8H11BaCaClO2. The average Bonchev–Trinajstić information content (AvgIpc) is 2.04. The van der Waals surface area contributed by atoms with Crippen LogP contribution in [-0.2, 0) is 5.88 Å². The number of aromatic carboxylic acids is 1. The van der Waals surface area contributed by atoms with E-state index in [0.717, 1.165) is 0 Å². The summed E-state index contributed by atoms with van der Waals surface area (Å²) in [4.78, 5) is 10.5. The fraction of sp³-hybridized carbons (Fsp3) is 0.125. The molecule has 2 nitrogen and oxygen atoms in total. The smallest absolute Gasteiger partial charge is 1.00 e. The molecule has 0 heterocycles. The van der Waals surface area contributed by atoms with Crippen molar-refractivity contribution in [2.75, 3.05) is 0 Å². The molecule has 1 rings (SSSR count). The second-order valence-corrected chi connectivity index (χ2v) is 2.36. The van der Waals surface area contributed by atoms with Crippen LogP contribution in [0.2, 0.25) is 0 Å². The molecule has 0 aromatic heterocycles. The predicted molar refractivity (Wildman–Crippen MR) is 58.9 cm³/mol.